The number of benzene rings is 2. The second-order valence-electron chi connectivity index (χ2n) is 7.06. The SMILES string of the molecule is CC1CCN(C(=O)c2ccc(-c3ccccc3)cc2)C2C(=O)NCC12. The molecular formula is C21H22N2O2. The van der Waals surface area contributed by atoms with Crippen LogP contribution >= 0.6 is 0 Å². The minimum absolute atomic E-state index is 0.00851. The molecule has 4 nitrogen and oxygen atoms in total. The van der Waals surface area contributed by atoms with E-state index < -0.39 is 0 Å². The summed E-state index contributed by atoms with van der Waals surface area (Å²) in [5, 5.41) is 2.93. The summed E-state index contributed by atoms with van der Waals surface area (Å²) in [6.45, 7) is 3.50. The molecule has 3 atom stereocenters. The summed E-state index contributed by atoms with van der Waals surface area (Å²) in [7, 11) is 0. The summed E-state index contributed by atoms with van der Waals surface area (Å²) in [6.07, 6.45) is 0.948. The van der Waals surface area contributed by atoms with Crippen LogP contribution in [0, 0.1) is 11.8 Å². The van der Waals surface area contributed by atoms with E-state index in [0.29, 0.717) is 24.6 Å². The number of piperidine rings is 1. The van der Waals surface area contributed by atoms with Gasteiger partial charge in [0, 0.05) is 24.6 Å². The first-order chi connectivity index (χ1) is 12.1. The summed E-state index contributed by atoms with van der Waals surface area (Å²) in [6, 6.07) is 17.5. The van der Waals surface area contributed by atoms with E-state index in [2.05, 4.69) is 24.4 Å². The van der Waals surface area contributed by atoms with E-state index in [1.165, 1.54) is 0 Å². The first kappa shape index (κ1) is 15.9. The van der Waals surface area contributed by atoms with Crippen molar-refractivity contribution < 1.29 is 9.59 Å². The molecule has 2 aromatic rings. The first-order valence-electron chi connectivity index (χ1n) is 8.89. The number of carbonyl (C=O) groups is 2. The van der Waals surface area contributed by atoms with Crippen molar-refractivity contribution in [3.8, 4) is 11.1 Å². The van der Waals surface area contributed by atoms with Gasteiger partial charge in [0.1, 0.15) is 6.04 Å². The normalized spacial score (nSPS) is 25.4. The van der Waals surface area contributed by atoms with E-state index in [1.807, 2.05) is 42.5 Å². The van der Waals surface area contributed by atoms with Gasteiger partial charge in [0.15, 0.2) is 0 Å². The third-order valence-corrected chi connectivity index (χ3v) is 5.58. The Bertz CT molecular complexity index is 785. The zero-order valence-electron chi connectivity index (χ0n) is 14.3. The van der Waals surface area contributed by atoms with Gasteiger partial charge in [-0.3, -0.25) is 9.59 Å². The highest BCUT2D eigenvalue weighted by Crippen LogP contribution is 2.33. The number of rotatable bonds is 2. The fourth-order valence-corrected chi connectivity index (χ4v) is 4.04. The van der Waals surface area contributed by atoms with Crippen LogP contribution in [-0.4, -0.2) is 35.8 Å². The number of fused-ring (bicyclic) bond motifs is 1. The minimum atomic E-state index is -0.315. The lowest BCUT2D eigenvalue weighted by Crippen LogP contribution is -2.52. The maximum absolute atomic E-state index is 13.0. The zero-order chi connectivity index (χ0) is 17.4. The van der Waals surface area contributed by atoms with Crippen LogP contribution in [-0.2, 0) is 4.79 Å². The number of nitrogens with zero attached hydrogens (tertiary/aromatic N) is 1. The predicted octanol–water partition coefficient (Wildman–Crippen LogP) is 2.95. The predicted molar refractivity (Wildman–Crippen MR) is 97.0 cm³/mol. The van der Waals surface area contributed by atoms with Crippen molar-refractivity contribution in [1.29, 1.82) is 0 Å². The smallest absolute Gasteiger partial charge is 0.254 e. The molecule has 0 spiro atoms. The van der Waals surface area contributed by atoms with Gasteiger partial charge in [-0.15, -0.1) is 0 Å². The van der Waals surface area contributed by atoms with E-state index >= 15 is 0 Å². The van der Waals surface area contributed by atoms with Crippen molar-refractivity contribution in [3.05, 3.63) is 60.2 Å². The summed E-state index contributed by atoms with van der Waals surface area (Å²) < 4.78 is 0. The van der Waals surface area contributed by atoms with E-state index in [4.69, 9.17) is 0 Å². The Morgan fingerprint density at radius 3 is 2.44 bits per heavy atom. The Labute approximate surface area is 147 Å². The van der Waals surface area contributed by atoms with Crippen LogP contribution in [0.15, 0.2) is 54.6 Å². The molecule has 2 saturated heterocycles. The highest BCUT2D eigenvalue weighted by atomic mass is 16.2. The lowest BCUT2D eigenvalue weighted by Gasteiger charge is -2.39. The maximum Gasteiger partial charge on any atom is 0.254 e. The average molecular weight is 334 g/mol. The molecule has 25 heavy (non-hydrogen) atoms. The third kappa shape index (κ3) is 2.82. The molecule has 4 rings (SSSR count). The van der Waals surface area contributed by atoms with Crippen LogP contribution in [0.3, 0.4) is 0 Å². The summed E-state index contributed by atoms with van der Waals surface area (Å²) in [5.41, 5.74) is 2.86. The molecule has 128 valence electrons. The van der Waals surface area contributed by atoms with E-state index in [9.17, 15) is 9.59 Å². The van der Waals surface area contributed by atoms with Gasteiger partial charge in [-0.05, 0) is 35.6 Å². The van der Waals surface area contributed by atoms with Crippen molar-refractivity contribution in [3.63, 3.8) is 0 Å². The highest BCUT2D eigenvalue weighted by molar-refractivity contribution is 5.98. The van der Waals surface area contributed by atoms with E-state index in [1.54, 1.807) is 4.90 Å². The van der Waals surface area contributed by atoms with Crippen LogP contribution in [0.2, 0.25) is 0 Å². The van der Waals surface area contributed by atoms with Crippen LogP contribution in [0.5, 0.6) is 0 Å². The van der Waals surface area contributed by atoms with Gasteiger partial charge in [0.05, 0.1) is 0 Å². The van der Waals surface area contributed by atoms with Gasteiger partial charge < -0.3 is 10.2 Å². The van der Waals surface area contributed by atoms with Crippen molar-refractivity contribution in [2.45, 2.75) is 19.4 Å². The quantitative estimate of drug-likeness (QED) is 0.918. The fraction of sp³-hybridized carbons (Fsp3) is 0.333. The number of carbonyl (C=O) groups excluding carboxylic acids is 2. The number of amides is 2. The van der Waals surface area contributed by atoms with Crippen molar-refractivity contribution in [2.24, 2.45) is 11.8 Å². The van der Waals surface area contributed by atoms with Crippen LogP contribution in [0.4, 0.5) is 0 Å². The van der Waals surface area contributed by atoms with Gasteiger partial charge in [-0.25, -0.2) is 0 Å². The first-order valence-corrected chi connectivity index (χ1v) is 8.89. The molecule has 0 saturated carbocycles. The number of hydrogen-bond acceptors (Lipinski definition) is 2. The second kappa shape index (κ2) is 6.36. The van der Waals surface area contributed by atoms with Gasteiger partial charge >= 0.3 is 0 Å². The fourth-order valence-electron chi connectivity index (χ4n) is 4.04. The molecule has 0 bridgehead atoms. The van der Waals surface area contributed by atoms with E-state index in [0.717, 1.165) is 17.5 Å². The second-order valence-corrected chi connectivity index (χ2v) is 7.06. The molecule has 2 aromatic carbocycles. The lowest BCUT2D eigenvalue weighted by atomic mass is 9.82. The Kier molecular flexibility index (Phi) is 4.04. The maximum atomic E-state index is 13.0. The molecule has 0 aromatic heterocycles. The number of likely N-dealkylation sites (tertiary alicyclic amines) is 1. The Balaban J connectivity index is 1.57. The van der Waals surface area contributed by atoms with Crippen molar-refractivity contribution >= 4 is 11.8 Å². The molecule has 4 heteroatoms. The Morgan fingerprint density at radius 1 is 1.04 bits per heavy atom. The molecule has 0 radical (unpaired) electrons. The van der Waals surface area contributed by atoms with Crippen molar-refractivity contribution in [2.75, 3.05) is 13.1 Å². The number of hydrogen-bond donors (Lipinski definition) is 1. The van der Waals surface area contributed by atoms with E-state index in [-0.39, 0.29) is 23.8 Å². The highest BCUT2D eigenvalue weighted by Gasteiger charge is 2.46. The molecule has 0 aliphatic carbocycles. The van der Waals surface area contributed by atoms with Crippen LogP contribution in [0.1, 0.15) is 23.7 Å². The summed E-state index contributed by atoms with van der Waals surface area (Å²) >= 11 is 0. The largest absolute Gasteiger partial charge is 0.354 e. The van der Waals surface area contributed by atoms with Gasteiger partial charge in [-0.1, -0.05) is 49.4 Å². The molecule has 2 heterocycles. The molecule has 2 aliphatic rings. The van der Waals surface area contributed by atoms with Gasteiger partial charge in [0.2, 0.25) is 5.91 Å². The molecule has 3 unspecified atom stereocenters. The average Bonchev–Trinajstić information content (AvgIpc) is 3.05. The van der Waals surface area contributed by atoms with Gasteiger partial charge in [0.25, 0.3) is 5.91 Å². The van der Waals surface area contributed by atoms with Gasteiger partial charge in [-0.2, -0.15) is 0 Å². The molecule has 2 fully saturated rings. The third-order valence-electron chi connectivity index (χ3n) is 5.58. The number of nitrogens with one attached hydrogen (secondary N) is 1. The minimum Gasteiger partial charge on any atom is -0.354 e. The summed E-state index contributed by atoms with van der Waals surface area (Å²) in [4.78, 5) is 27.0. The molecule has 2 aliphatic heterocycles. The Hall–Kier alpha value is -2.62. The molecule has 1 N–H and O–H groups in total. The van der Waals surface area contributed by atoms with Crippen LogP contribution in [0.25, 0.3) is 11.1 Å². The molecule has 2 amide bonds. The summed E-state index contributed by atoms with van der Waals surface area (Å²) in [5.74, 6) is 0.645. The monoisotopic (exact) mass is 334 g/mol. The zero-order valence-corrected chi connectivity index (χ0v) is 14.3. The van der Waals surface area contributed by atoms with Crippen LogP contribution < -0.4 is 5.32 Å². The lowest BCUT2D eigenvalue weighted by molar-refractivity contribution is -0.124. The topological polar surface area (TPSA) is 49.4 Å². The standard InChI is InChI=1S/C21H22N2O2/c1-14-11-12-23(19-18(14)13-22-20(19)24)21(25)17-9-7-16(8-10-17)15-5-3-2-4-6-15/h2-10,14,18-19H,11-13H2,1H3,(H,22,24). The Morgan fingerprint density at radius 2 is 1.72 bits per heavy atom. The molecular weight excluding hydrogens is 312 g/mol. The van der Waals surface area contributed by atoms with Crippen molar-refractivity contribution in [1.82, 2.24) is 10.2 Å².